The van der Waals surface area contributed by atoms with Gasteiger partial charge in [-0.05, 0) is 19.4 Å². The number of halogens is 2. The quantitative estimate of drug-likeness (QED) is 0.610. The Morgan fingerprint density at radius 2 is 2.10 bits per heavy atom. The van der Waals surface area contributed by atoms with Gasteiger partial charge < -0.3 is 11.1 Å². The molecule has 0 aromatic heterocycles. The third-order valence-corrected chi connectivity index (χ3v) is 1.40. The number of hydrogen-bond acceptors (Lipinski definition) is 2. The average Bonchev–Trinajstić information content (AvgIpc) is 2.12. The van der Waals surface area contributed by atoms with E-state index in [2.05, 4.69) is 5.32 Å². The van der Waals surface area contributed by atoms with Gasteiger partial charge in [0, 0.05) is 0 Å². The predicted octanol–water partition coefficient (Wildman–Crippen LogP) is 0.0673. The fourth-order valence-corrected chi connectivity index (χ4v) is 0.927. The molecule has 1 saturated heterocycles. The van der Waals surface area contributed by atoms with Gasteiger partial charge in [0.05, 0.1) is 6.04 Å². The molecule has 0 bridgehead atoms. The van der Waals surface area contributed by atoms with Crippen LogP contribution < -0.4 is 11.1 Å². The van der Waals surface area contributed by atoms with Crippen LogP contribution in [0.15, 0.2) is 0 Å². The van der Waals surface area contributed by atoms with Crippen LogP contribution in [0.3, 0.4) is 0 Å². The average molecular weight is 187 g/mol. The first-order valence-corrected chi connectivity index (χ1v) is 2.83. The van der Waals surface area contributed by atoms with Crippen molar-refractivity contribution in [3.05, 3.63) is 0 Å². The lowest BCUT2D eigenvalue weighted by atomic mass is 10.2. The summed E-state index contributed by atoms with van der Waals surface area (Å²) in [5.74, 6) is -0.220. The Morgan fingerprint density at radius 1 is 1.50 bits per heavy atom. The van der Waals surface area contributed by atoms with Crippen LogP contribution in [0.1, 0.15) is 12.8 Å². The molecule has 10 heavy (non-hydrogen) atoms. The van der Waals surface area contributed by atoms with Gasteiger partial charge >= 0.3 is 0 Å². The van der Waals surface area contributed by atoms with Gasteiger partial charge in [-0.3, -0.25) is 4.79 Å². The maximum Gasteiger partial charge on any atom is 0.234 e. The van der Waals surface area contributed by atoms with Crippen molar-refractivity contribution in [3.63, 3.8) is 0 Å². The molecule has 1 aliphatic heterocycles. The van der Waals surface area contributed by atoms with Crippen molar-refractivity contribution in [3.8, 4) is 0 Å². The SMILES string of the molecule is Cl.Cl.NC(=O)[C@@H]1CCCN1. The van der Waals surface area contributed by atoms with Crippen molar-refractivity contribution >= 4 is 30.7 Å². The van der Waals surface area contributed by atoms with E-state index in [4.69, 9.17) is 5.73 Å². The third kappa shape index (κ3) is 3.25. The Morgan fingerprint density at radius 3 is 2.30 bits per heavy atom. The summed E-state index contributed by atoms with van der Waals surface area (Å²) < 4.78 is 0. The molecule has 1 aliphatic rings. The summed E-state index contributed by atoms with van der Waals surface area (Å²) in [6.07, 6.45) is 1.99. The van der Waals surface area contributed by atoms with Crippen molar-refractivity contribution in [2.24, 2.45) is 5.73 Å². The number of nitrogens with one attached hydrogen (secondary N) is 1. The molecule has 0 spiro atoms. The molecule has 0 aliphatic carbocycles. The summed E-state index contributed by atoms with van der Waals surface area (Å²) in [5, 5.41) is 2.98. The van der Waals surface area contributed by atoms with Gasteiger partial charge in [0.25, 0.3) is 0 Å². The van der Waals surface area contributed by atoms with E-state index in [9.17, 15) is 4.79 Å². The van der Waals surface area contributed by atoms with Crippen molar-refractivity contribution < 1.29 is 4.79 Å². The number of primary amides is 1. The van der Waals surface area contributed by atoms with E-state index in [0.717, 1.165) is 19.4 Å². The molecule has 5 heteroatoms. The zero-order valence-corrected chi connectivity index (χ0v) is 7.13. The second kappa shape index (κ2) is 5.77. The van der Waals surface area contributed by atoms with E-state index in [1.165, 1.54) is 0 Å². The highest BCUT2D eigenvalue weighted by Gasteiger charge is 2.18. The Labute approximate surface area is 72.6 Å². The fraction of sp³-hybridized carbons (Fsp3) is 0.800. The van der Waals surface area contributed by atoms with Gasteiger partial charge in [0.2, 0.25) is 5.91 Å². The van der Waals surface area contributed by atoms with E-state index < -0.39 is 0 Å². The second-order valence-electron chi connectivity index (χ2n) is 2.05. The van der Waals surface area contributed by atoms with E-state index in [1.807, 2.05) is 0 Å². The number of hydrogen-bond donors (Lipinski definition) is 2. The van der Waals surface area contributed by atoms with Crippen molar-refractivity contribution in [2.75, 3.05) is 6.54 Å². The molecule has 0 aromatic carbocycles. The van der Waals surface area contributed by atoms with Crippen LogP contribution in [0.5, 0.6) is 0 Å². The number of nitrogens with two attached hydrogens (primary N) is 1. The van der Waals surface area contributed by atoms with Crippen molar-refractivity contribution in [2.45, 2.75) is 18.9 Å². The first kappa shape index (κ1) is 12.7. The maximum absolute atomic E-state index is 10.4. The minimum atomic E-state index is -0.220. The summed E-state index contributed by atoms with van der Waals surface area (Å²) in [5.41, 5.74) is 5.00. The molecule has 1 heterocycles. The van der Waals surface area contributed by atoms with Crippen molar-refractivity contribution in [1.29, 1.82) is 0 Å². The lowest BCUT2D eigenvalue weighted by Crippen LogP contribution is -2.36. The normalized spacial score (nSPS) is 22.6. The molecular weight excluding hydrogens is 175 g/mol. The van der Waals surface area contributed by atoms with E-state index in [0.29, 0.717) is 0 Å². The summed E-state index contributed by atoms with van der Waals surface area (Å²) in [6, 6.07) is -0.0463. The van der Waals surface area contributed by atoms with Crippen molar-refractivity contribution in [1.82, 2.24) is 5.32 Å². The minimum Gasteiger partial charge on any atom is -0.368 e. The van der Waals surface area contributed by atoms with Gasteiger partial charge in [-0.2, -0.15) is 0 Å². The molecule has 1 amide bonds. The lowest BCUT2D eigenvalue weighted by molar-refractivity contribution is -0.119. The molecule has 3 N–H and O–H groups in total. The smallest absolute Gasteiger partial charge is 0.234 e. The maximum atomic E-state index is 10.4. The Kier molecular flexibility index (Phi) is 7.31. The van der Waals surface area contributed by atoms with Gasteiger partial charge in [-0.25, -0.2) is 0 Å². The molecule has 1 rings (SSSR count). The van der Waals surface area contributed by atoms with Gasteiger partial charge in [0.15, 0.2) is 0 Å². The minimum absolute atomic E-state index is 0. The summed E-state index contributed by atoms with van der Waals surface area (Å²) in [6.45, 7) is 0.938. The molecule has 0 aromatic rings. The molecule has 0 unspecified atom stereocenters. The first-order chi connectivity index (χ1) is 3.80. The Balaban J connectivity index is 0. The molecule has 62 valence electrons. The summed E-state index contributed by atoms with van der Waals surface area (Å²) in [4.78, 5) is 10.4. The Bertz CT molecular complexity index is 104. The van der Waals surface area contributed by atoms with Crippen LogP contribution in [0, 0.1) is 0 Å². The van der Waals surface area contributed by atoms with Crippen LogP contribution >= 0.6 is 24.8 Å². The van der Waals surface area contributed by atoms with E-state index in [-0.39, 0.29) is 36.8 Å². The highest BCUT2D eigenvalue weighted by atomic mass is 35.5. The van der Waals surface area contributed by atoms with Gasteiger partial charge in [-0.15, -0.1) is 24.8 Å². The highest BCUT2D eigenvalue weighted by Crippen LogP contribution is 2.02. The molecule has 1 fully saturated rings. The van der Waals surface area contributed by atoms with Crippen LogP contribution in [0.25, 0.3) is 0 Å². The highest BCUT2D eigenvalue weighted by molar-refractivity contribution is 5.85. The van der Waals surface area contributed by atoms with Gasteiger partial charge in [0.1, 0.15) is 0 Å². The van der Waals surface area contributed by atoms with Crippen LogP contribution in [-0.2, 0) is 4.79 Å². The molecule has 1 atom stereocenters. The summed E-state index contributed by atoms with van der Waals surface area (Å²) in [7, 11) is 0. The second-order valence-corrected chi connectivity index (χ2v) is 2.05. The van der Waals surface area contributed by atoms with E-state index in [1.54, 1.807) is 0 Å². The van der Waals surface area contributed by atoms with Crippen LogP contribution in [-0.4, -0.2) is 18.5 Å². The van der Waals surface area contributed by atoms with E-state index >= 15 is 0 Å². The van der Waals surface area contributed by atoms with Crippen LogP contribution in [0.4, 0.5) is 0 Å². The van der Waals surface area contributed by atoms with Crippen LogP contribution in [0.2, 0.25) is 0 Å². The molecule has 3 nitrogen and oxygen atoms in total. The summed E-state index contributed by atoms with van der Waals surface area (Å²) >= 11 is 0. The standard InChI is InChI=1S/C5H10N2O.2ClH/c6-5(8)4-2-1-3-7-4;;/h4,7H,1-3H2,(H2,6,8);2*1H/t4-;;/m0../s1. The topological polar surface area (TPSA) is 55.1 Å². The lowest BCUT2D eigenvalue weighted by Gasteiger charge is -2.01. The number of amides is 1. The third-order valence-electron chi connectivity index (χ3n) is 1.40. The zero-order valence-electron chi connectivity index (χ0n) is 5.50. The van der Waals surface area contributed by atoms with Gasteiger partial charge in [-0.1, -0.05) is 0 Å². The first-order valence-electron chi connectivity index (χ1n) is 2.83. The number of carbonyl (C=O) groups excluding carboxylic acids is 1. The number of rotatable bonds is 1. The molecule has 0 radical (unpaired) electrons. The molecular formula is C5H12Cl2N2O. The largest absolute Gasteiger partial charge is 0.368 e. The molecule has 0 saturated carbocycles. The zero-order chi connectivity index (χ0) is 5.98. The Hall–Kier alpha value is 0.01000. The fourth-order valence-electron chi connectivity index (χ4n) is 0.927. The number of carbonyl (C=O) groups is 1. The predicted molar refractivity (Wildman–Crippen MR) is 44.7 cm³/mol. The monoisotopic (exact) mass is 186 g/mol.